The number of amides is 3. The maximum atomic E-state index is 12.4. The third-order valence-electron chi connectivity index (χ3n) is 4.41. The molecule has 1 N–H and O–H groups in total. The molecule has 0 aliphatic carbocycles. The lowest BCUT2D eigenvalue weighted by Crippen LogP contribution is -2.56. The van der Waals surface area contributed by atoms with Gasteiger partial charge in [0.25, 0.3) is 0 Å². The molecule has 3 rings (SSSR count). The van der Waals surface area contributed by atoms with Crippen LogP contribution < -0.4 is 10.2 Å². The number of piperazine rings is 1. The number of carbonyl (C=O) groups excluding carboxylic acids is 3. The van der Waals surface area contributed by atoms with Gasteiger partial charge in [-0.25, -0.2) is 0 Å². The monoisotopic (exact) mass is 385 g/mol. The van der Waals surface area contributed by atoms with Crippen molar-refractivity contribution in [3.63, 3.8) is 0 Å². The van der Waals surface area contributed by atoms with Gasteiger partial charge < -0.3 is 15.1 Å². The Morgan fingerprint density at radius 3 is 2.48 bits per heavy atom. The lowest BCUT2D eigenvalue weighted by Gasteiger charge is -2.33. The van der Waals surface area contributed by atoms with E-state index in [1.807, 2.05) is 24.3 Å². The van der Waals surface area contributed by atoms with Gasteiger partial charge in [0.2, 0.25) is 5.91 Å². The minimum atomic E-state index is -0.697. The molecule has 2 aromatic carbocycles. The molecule has 1 saturated heterocycles. The van der Waals surface area contributed by atoms with Crippen LogP contribution in [0.15, 0.2) is 48.5 Å². The number of halogens is 1. The van der Waals surface area contributed by atoms with E-state index in [4.69, 9.17) is 11.6 Å². The Kier molecular flexibility index (Phi) is 5.76. The van der Waals surface area contributed by atoms with Crippen molar-refractivity contribution in [3.05, 3.63) is 59.1 Å². The normalized spacial score (nSPS) is 14.4. The number of hydrogen-bond acceptors (Lipinski definition) is 3. The topological polar surface area (TPSA) is 69.7 Å². The molecule has 6 nitrogen and oxygen atoms in total. The highest BCUT2D eigenvalue weighted by Crippen LogP contribution is 2.22. The Labute approximate surface area is 162 Å². The van der Waals surface area contributed by atoms with Gasteiger partial charge in [-0.15, -0.1) is 0 Å². The summed E-state index contributed by atoms with van der Waals surface area (Å²) < 4.78 is 0. The van der Waals surface area contributed by atoms with Crippen molar-refractivity contribution >= 4 is 40.7 Å². The number of benzene rings is 2. The second kappa shape index (κ2) is 8.22. The minimum absolute atomic E-state index is 0.163. The van der Waals surface area contributed by atoms with E-state index in [2.05, 4.69) is 12.2 Å². The summed E-state index contributed by atoms with van der Waals surface area (Å²) in [5.74, 6) is -1.70. The molecule has 1 fully saturated rings. The van der Waals surface area contributed by atoms with Gasteiger partial charge in [-0.2, -0.15) is 0 Å². The van der Waals surface area contributed by atoms with Crippen LogP contribution in [0.2, 0.25) is 5.02 Å². The molecule has 0 unspecified atom stereocenters. The first kappa shape index (κ1) is 18.9. The van der Waals surface area contributed by atoms with Crippen LogP contribution in [0.5, 0.6) is 0 Å². The fourth-order valence-electron chi connectivity index (χ4n) is 2.91. The molecule has 0 radical (unpaired) electrons. The van der Waals surface area contributed by atoms with Crippen LogP contribution in [0.4, 0.5) is 11.4 Å². The smallest absolute Gasteiger partial charge is 0.316 e. The standard InChI is InChI=1S/C20H20ClN3O3/c1-2-14-6-8-16(9-7-14)22-18(25)13-23-10-11-24(20(27)19(23)26)17-5-3-4-15(21)12-17/h3-9,12H,2,10-11,13H2,1H3,(H,22,25). The van der Waals surface area contributed by atoms with Crippen molar-refractivity contribution in [1.82, 2.24) is 4.90 Å². The maximum Gasteiger partial charge on any atom is 0.316 e. The average Bonchev–Trinajstić information content (AvgIpc) is 2.66. The molecule has 140 valence electrons. The highest BCUT2D eigenvalue weighted by atomic mass is 35.5. The molecule has 0 aromatic heterocycles. The number of nitrogens with zero attached hydrogens (tertiary/aromatic N) is 2. The fourth-order valence-corrected chi connectivity index (χ4v) is 3.10. The number of carbonyl (C=O) groups is 3. The molecule has 0 saturated carbocycles. The molecule has 2 aromatic rings. The van der Waals surface area contributed by atoms with Gasteiger partial charge in [0, 0.05) is 29.5 Å². The quantitative estimate of drug-likeness (QED) is 0.804. The molecule has 1 heterocycles. The first-order valence-electron chi connectivity index (χ1n) is 8.73. The zero-order valence-electron chi connectivity index (χ0n) is 14.9. The summed E-state index contributed by atoms with van der Waals surface area (Å²) in [5.41, 5.74) is 2.40. The Morgan fingerprint density at radius 1 is 1.07 bits per heavy atom. The molecular formula is C20H20ClN3O3. The fraction of sp³-hybridized carbons (Fsp3) is 0.250. The van der Waals surface area contributed by atoms with Crippen molar-refractivity contribution < 1.29 is 14.4 Å². The molecule has 1 aliphatic heterocycles. The molecular weight excluding hydrogens is 366 g/mol. The highest BCUT2D eigenvalue weighted by Gasteiger charge is 2.34. The van der Waals surface area contributed by atoms with E-state index in [1.165, 1.54) is 15.4 Å². The van der Waals surface area contributed by atoms with Gasteiger partial charge in [0.05, 0.1) is 0 Å². The number of anilines is 2. The number of rotatable bonds is 5. The molecule has 1 aliphatic rings. The summed E-state index contributed by atoms with van der Waals surface area (Å²) in [6.07, 6.45) is 0.918. The molecule has 0 bridgehead atoms. The zero-order valence-corrected chi connectivity index (χ0v) is 15.7. The highest BCUT2D eigenvalue weighted by molar-refractivity contribution is 6.41. The van der Waals surface area contributed by atoms with Gasteiger partial charge in [-0.3, -0.25) is 14.4 Å². The average molecular weight is 386 g/mol. The van der Waals surface area contributed by atoms with E-state index in [1.54, 1.807) is 24.3 Å². The second-order valence-electron chi connectivity index (χ2n) is 6.26. The van der Waals surface area contributed by atoms with Gasteiger partial charge >= 0.3 is 11.8 Å². The third-order valence-corrected chi connectivity index (χ3v) is 4.64. The summed E-state index contributed by atoms with van der Waals surface area (Å²) in [5, 5.41) is 3.24. The number of hydrogen-bond donors (Lipinski definition) is 1. The maximum absolute atomic E-state index is 12.4. The number of nitrogens with one attached hydrogen (secondary N) is 1. The van der Waals surface area contributed by atoms with Crippen molar-refractivity contribution in [1.29, 1.82) is 0 Å². The Hall–Kier alpha value is -2.86. The van der Waals surface area contributed by atoms with Crippen LogP contribution >= 0.6 is 11.6 Å². The SMILES string of the molecule is CCc1ccc(NC(=O)CN2CCN(c3cccc(Cl)c3)C(=O)C2=O)cc1. The van der Waals surface area contributed by atoms with E-state index in [9.17, 15) is 14.4 Å². The van der Waals surface area contributed by atoms with E-state index in [0.29, 0.717) is 22.9 Å². The van der Waals surface area contributed by atoms with Crippen LogP contribution in [0.3, 0.4) is 0 Å². The van der Waals surface area contributed by atoms with E-state index < -0.39 is 11.8 Å². The molecule has 27 heavy (non-hydrogen) atoms. The first-order chi connectivity index (χ1) is 13.0. The van der Waals surface area contributed by atoms with Crippen molar-refractivity contribution in [2.75, 3.05) is 29.9 Å². The van der Waals surface area contributed by atoms with Gasteiger partial charge in [-0.1, -0.05) is 36.7 Å². The minimum Gasteiger partial charge on any atom is -0.325 e. The van der Waals surface area contributed by atoms with Crippen molar-refractivity contribution in [2.45, 2.75) is 13.3 Å². The molecule has 3 amide bonds. The molecule has 0 atom stereocenters. The lowest BCUT2D eigenvalue weighted by atomic mass is 10.1. The summed E-state index contributed by atoms with van der Waals surface area (Å²) in [6.45, 7) is 2.48. The van der Waals surface area contributed by atoms with Crippen LogP contribution in [0, 0.1) is 0 Å². The van der Waals surface area contributed by atoms with E-state index in [0.717, 1.165) is 6.42 Å². The Balaban J connectivity index is 1.61. The van der Waals surface area contributed by atoms with Crippen molar-refractivity contribution in [3.8, 4) is 0 Å². The predicted octanol–water partition coefficient (Wildman–Crippen LogP) is 2.72. The third kappa shape index (κ3) is 4.46. The Morgan fingerprint density at radius 2 is 1.81 bits per heavy atom. The summed E-state index contributed by atoms with van der Waals surface area (Å²) >= 11 is 5.96. The molecule has 0 spiro atoms. The first-order valence-corrected chi connectivity index (χ1v) is 9.11. The van der Waals surface area contributed by atoms with E-state index in [-0.39, 0.29) is 19.0 Å². The summed E-state index contributed by atoms with van der Waals surface area (Å²) in [4.78, 5) is 39.7. The largest absolute Gasteiger partial charge is 0.325 e. The number of aryl methyl sites for hydroxylation is 1. The van der Waals surface area contributed by atoms with Crippen LogP contribution in [0.1, 0.15) is 12.5 Å². The second-order valence-corrected chi connectivity index (χ2v) is 6.70. The van der Waals surface area contributed by atoms with Gasteiger partial charge in [0.1, 0.15) is 6.54 Å². The summed E-state index contributed by atoms with van der Waals surface area (Å²) in [6, 6.07) is 14.3. The Bertz CT molecular complexity index is 867. The van der Waals surface area contributed by atoms with Gasteiger partial charge in [0.15, 0.2) is 0 Å². The van der Waals surface area contributed by atoms with Crippen LogP contribution in [-0.2, 0) is 20.8 Å². The van der Waals surface area contributed by atoms with Crippen LogP contribution in [0.25, 0.3) is 0 Å². The lowest BCUT2D eigenvalue weighted by molar-refractivity contribution is -0.147. The summed E-state index contributed by atoms with van der Waals surface area (Å²) in [7, 11) is 0. The van der Waals surface area contributed by atoms with Crippen LogP contribution in [-0.4, -0.2) is 42.3 Å². The predicted molar refractivity (Wildman–Crippen MR) is 105 cm³/mol. The molecule has 7 heteroatoms. The van der Waals surface area contributed by atoms with Crippen molar-refractivity contribution in [2.24, 2.45) is 0 Å². The zero-order chi connectivity index (χ0) is 19.4. The van der Waals surface area contributed by atoms with E-state index >= 15 is 0 Å². The van der Waals surface area contributed by atoms with Gasteiger partial charge in [-0.05, 0) is 42.3 Å².